The first-order valence-corrected chi connectivity index (χ1v) is 6.83. The molecule has 2 rings (SSSR count). The summed E-state index contributed by atoms with van der Waals surface area (Å²) in [6, 6.07) is 4.91. The SMILES string of the molecule is O=C(O)CC1CN(Cc2ccc(F)c(Br)c2)CCO1. The van der Waals surface area contributed by atoms with Crippen LogP contribution in [-0.2, 0) is 16.1 Å². The second-order valence-electron chi connectivity index (χ2n) is 4.57. The molecule has 6 heteroatoms. The van der Waals surface area contributed by atoms with Crippen LogP contribution in [0.1, 0.15) is 12.0 Å². The van der Waals surface area contributed by atoms with E-state index in [9.17, 15) is 9.18 Å². The zero-order chi connectivity index (χ0) is 13.8. The summed E-state index contributed by atoms with van der Waals surface area (Å²) in [7, 11) is 0. The predicted octanol–water partition coefficient (Wildman–Crippen LogP) is 2.26. The molecule has 0 saturated carbocycles. The number of carbonyl (C=O) groups is 1. The normalized spacial score (nSPS) is 20.4. The van der Waals surface area contributed by atoms with Crippen molar-refractivity contribution in [3.63, 3.8) is 0 Å². The lowest BCUT2D eigenvalue weighted by Crippen LogP contribution is -2.42. The molecule has 0 bridgehead atoms. The summed E-state index contributed by atoms with van der Waals surface area (Å²) in [6.07, 6.45) is -0.251. The fourth-order valence-electron chi connectivity index (χ4n) is 2.14. The van der Waals surface area contributed by atoms with Crippen molar-refractivity contribution in [3.05, 3.63) is 34.1 Å². The molecule has 0 radical (unpaired) electrons. The Morgan fingerprint density at radius 2 is 2.37 bits per heavy atom. The summed E-state index contributed by atoms with van der Waals surface area (Å²) >= 11 is 3.16. The number of carboxylic acid groups (broad SMARTS) is 1. The van der Waals surface area contributed by atoms with Gasteiger partial charge >= 0.3 is 5.97 Å². The number of ether oxygens (including phenoxy) is 1. The largest absolute Gasteiger partial charge is 0.481 e. The summed E-state index contributed by atoms with van der Waals surface area (Å²) in [4.78, 5) is 12.8. The van der Waals surface area contributed by atoms with Gasteiger partial charge in [0.25, 0.3) is 0 Å². The van der Waals surface area contributed by atoms with Gasteiger partial charge in [-0.15, -0.1) is 0 Å². The summed E-state index contributed by atoms with van der Waals surface area (Å²) in [5, 5.41) is 8.76. The molecule has 1 aliphatic heterocycles. The molecule has 1 aromatic carbocycles. The molecule has 1 aromatic rings. The third kappa shape index (κ3) is 4.26. The molecule has 104 valence electrons. The second kappa shape index (κ2) is 6.45. The van der Waals surface area contributed by atoms with Crippen molar-refractivity contribution in [1.82, 2.24) is 4.90 Å². The summed E-state index contributed by atoms with van der Waals surface area (Å²) in [5.74, 6) is -1.13. The molecule has 4 nitrogen and oxygen atoms in total. The third-order valence-electron chi connectivity index (χ3n) is 3.02. The summed E-state index contributed by atoms with van der Waals surface area (Å²) in [5.41, 5.74) is 0.990. The molecule has 0 amide bonds. The Morgan fingerprint density at radius 1 is 1.58 bits per heavy atom. The fraction of sp³-hybridized carbons (Fsp3) is 0.462. The molecular formula is C13H15BrFNO3. The van der Waals surface area contributed by atoms with E-state index in [0.29, 0.717) is 24.2 Å². The van der Waals surface area contributed by atoms with Gasteiger partial charge in [0, 0.05) is 19.6 Å². The number of rotatable bonds is 4. The van der Waals surface area contributed by atoms with Crippen LogP contribution < -0.4 is 0 Å². The van der Waals surface area contributed by atoms with E-state index in [4.69, 9.17) is 9.84 Å². The zero-order valence-corrected chi connectivity index (χ0v) is 11.9. The molecule has 0 aliphatic carbocycles. The lowest BCUT2D eigenvalue weighted by atomic mass is 10.1. The number of hydrogen-bond donors (Lipinski definition) is 1. The number of morpholine rings is 1. The van der Waals surface area contributed by atoms with Crippen LogP contribution in [0, 0.1) is 5.82 Å². The zero-order valence-electron chi connectivity index (χ0n) is 10.3. The number of halogens is 2. The number of nitrogens with zero attached hydrogens (tertiary/aromatic N) is 1. The van der Waals surface area contributed by atoms with Crippen LogP contribution in [0.15, 0.2) is 22.7 Å². The average molecular weight is 332 g/mol. The van der Waals surface area contributed by atoms with Gasteiger partial charge in [-0.25, -0.2) is 4.39 Å². The lowest BCUT2D eigenvalue weighted by Gasteiger charge is -2.32. The first-order chi connectivity index (χ1) is 9.04. The Kier molecular flexibility index (Phi) is 4.90. The van der Waals surface area contributed by atoms with Gasteiger partial charge in [-0.05, 0) is 33.6 Å². The highest BCUT2D eigenvalue weighted by molar-refractivity contribution is 9.10. The third-order valence-corrected chi connectivity index (χ3v) is 3.62. The van der Waals surface area contributed by atoms with Crippen molar-refractivity contribution >= 4 is 21.9 Å². The Bertz CT molecular complexity index is 469. The van der Waals surface area contributed by atoms with Crippen molar-refractivity contribution < 1.29 is 19.0 Å². The highest BCUT2D eigenvalue weighted by Crippen LogP contribution is 2.19. The monoisotopic (exact) mass is 331 g/mol. The van der Waals surface area contributed by atoms with E-state index >= 15 is 0 Å². The number of carboxylic acids is 1. The lowest BCUT2D eigenvalue weighted by molar-refractivity contribution is -0.142. The smallest absolute Gasteiger partial charge is 0.306 e. The van der Waals surface area contributed by atoms with Crippen molar-refractivity contribution in [2.75, 3.05) is 19.7 Å². The van der Waals surface area contributed by atoms with Crippen LogP contribution in [0.25, 0.3) is 0 Å². The van der Waals surface area contributed by atoms with E-state index < -0.39 is 5.97 Å². The number of aliphatic carboxylic acids is 1. The molecule has 1 unspecified atom stereocenters. The van der Waals surface area contributed by atoms with Crippen molar-refractivity contribution in [2.24, 2.45) is 0 Å². The van der Waals surface area contributed by atoms with Crippen molar-refractivity contribution in [2.45, 2.75) is 19.1 Å². The first-order valence-electron chi connectivity index (χ1n) is 6.04. The van der Waals surface area contributed by atoms with Gasteiger partial charge in [0.15, 0.2) is 0 Å². The molecular weight excluding hydrogens is 317 g/mol. The van der Waals surface area contributed by atoms with Gasteiger partial charge in [-0.1, -0.05) is 6.07 Å². The van der Waals surface area contributed by atoms with E-state index in [1.54, 1.807) is 12.1 Å². The highest BCUT2D eigenvalue weighted by atomic mass is 79.9. The van der Waals surface area contributed by atoms with Crippen LogP contribution in [0.5, 0.6) is 0 Å². The molecule has 1 atom stereocenters. The molecule has 1 saturated heterocycles. The van der Waals surface area contributed by atoms with E-state index in [-0.39, 0.29) is 18.3 Å². The Labute approximate surface area is 119 Å². The minimum atomic E-state index is -0.851. The van der Waals surface area contributed by atoms with Gasteiger partial charge in [0.2, 0.25) is 0 Å². The highest BCUT2D eigenvalue weighted by Gasteiger charge is 2.22. The molecule has 0 spiro atoms. The number of hydrogen-bond acceptors (Lipinski definition) is 3. The second-order valence-corrected chi connectivity index (χ2v) is 5.43. The summed E-state index contributed by atoms with van der Waals surface area (Å²) in [6.45, 7) is 2.53. The van der Waals surface area contributed by atoms with Crippen LogP contribution in [-0.4, -0.2) is 41.8 Å². The van der Waals surface area contributed by atoms with Gasteiger partial charge < -0.3 is 9.84 Å². The van der Waals surface area contributed by atoms with Crippen LogP contribution >= 0.6 is 15.9 Å². The van der Waals surface area contributed by atoms with Crippen molar-refractivity contribution in [1.29, 1.82) is 0 Å². The van der Waals surface area contributed by atoms with Gasteiger partial charge in [0.05, 0.1) is 23.6 Å². The van der Waals surface area contributed by atoms with Gasteiger partial charge in [0.1, 0.15) is 5.82 Å². The number of benzene rings is 1. The van der Waals surface area contributed by atoms with Crippen LogP contribution in [0.4, 0.5) is 4.39 Å². The van der Waals surface area contributed by atoms with E-state index in [1.807, 2.05) is 0 Å². The first kappa shape index (κ1) is 14.4. The maximum Gasteiger partial charge on any atom is 0.306 e. The molecule has 19 heavy (non-hydrogen) atoms. The van der Waals surface area contributed by atoms with E-state index in [1.165, 1.54) is 6.07 Å². The maximum atomic E-state index is 13.1. The van der Waals surface area contributed by atoms with Crippen LogP contribution in [0.3, 0.4) is 0 Å². The quantitative estimate of drug-likeness (QED) is 0.919. The maximum absolute atomic E-state index is 13.1. The Hall–Kier alpha value is -0.980. The standard InChI is InChI=1S/C13H15BrFNO3/c14-11-5-9(1-2-12(11)15)7-16-3-4-19-10(8-16)6-13(17)18/h1-2,5,10H,3-4,6-8H2,(H,17,18). The topological polar surface area (TPSA) is 49.8 Å². The van der Waals surface area contributed by atoms with Gasteiger partial charge in [-0.2, -0.15) is 0 Å². The van der Waals surface area contributed by atoms with Gasteiger partial charge in [-0.3, -0.25) is 9.69 Å². The minimum Gasteiger partial charge on any atom is -0.481 e. The molecule has 1 heterocycles. The minimum absolute atomic E-state index is 0.0175. The molecule has 1 fully saturated rings. The fourth-order valence-corrected chi connectivity index (χ4v) is 2.56. The van der Waals surface area contributed by atoms with Crippen molar-refractivity contribution in [3.8, 4) is 0 Å². The Balaban J connectivity index is 1.94. The molecule has 1 aliphatic rings. The van der Waals surface area contributed by atoms with E-state index in [0.717, 1.165) is 12.1 Å². The summed E-state index contributed by atoms with van der Waals surface area (Å²) < 4.78 is 19.0. The average Bonchev–Trinajstić information content (AvgIpc) is 2.33. The predicted molar refractivity (Wildman–Crippen MR) is 71.4 cm³/mol. The molecule has 1 N–H and O–H groups in total. The molecule has 0 aromatic heterocycles. The van der Waals surface area contributed by atoms with E-state index in [2.05, 4.69) is 20.8 Å². The van der Waals surface area contributed by atoms with Crippen LogP contribution in [0.2, 0.25) is 0 Å². The Morgan fingerprint density at radius 3 is 3.05 bits per heavy atom.